The van der Waals surface area contributed by atoms with Crippen molar-refractivity contribution in [2.24, 2.45) is 0 Å². The largest absolute Gasteiger partial charge is 0.366 e. The third-order valence-electron chi connectivity index (χ3n) is 5.92. The average molecular weight is 597 g/mol. The van der Waals surface area contributed by atoms with Crippen LogP contribution in [0.3, 0.4) is 0 Å². The maximum Gasteiger partial charge on any atom is 0.241 e. The normalized spacial score (nSPS) is 11.6. The fraction of sp³-hybridized carbons (Fsp3) is 0.111. The Balaban J connectivity index is 1.31. The van der Waals surface area contributed by atoms with E-state index in [2.05, 4.69) is 31.1 Å². The molecule has 5 aromatic rings. The lowest BCUT2D eigenvalue weighted by atomic mass is 10.1. The van der Waals surface area contributed by atoms with Gasteiger partial charge in [-0.1, -0.05) is 72.3 Å². The molecule has 0 amide bonds. The standard InChI is InChI=1S/C27H23BrClN5O2S/c1-18-6-2-5-9-25(18)37(35,36)32-16-20-12-10-19(11-13-20)15-30-26-14-24(21-7-3-4-8-23(21)29)33-27-22(28)17-31-34(26)27/h2-14,17,30,32H,15-16H2,1H3. The minimum Gasteiger partial charge on any atom is -0.366 e. The van der Waals surface area contributed by atoms with Crippen LogP contribution in [0, 0.1) is 6.92 Å². The first-order valence-electron chi connectivity index (χ1n) is 11.5. The van der Waals surface area contributed by atoms with Gasteiger partial charge in [0, 0.05) is 29.7 Å². The van der Waals surface area contributed by atoms with E-state index in [-0.39, 0.29) is 6.54 Å². The fourth-order valence-corrected chi connectivity index (χ4v) is 5.79. The molecule has 0 aliphatic heterocycles. The number of nitrogens with one attached hydrogen (secondary N) is 2. The lowest BCUT2D eigenvalue weighted by Gasteiger charge is -2.12. The molecular weight excluding hydrogens is 574 g/mol. The highest BCUT2D eigenvalue weighted by Crippen LogP contribution is 2.30. The van der Waals surface area contributed by atoms with E-state index in [1.54, 1.807) is 35.8 Å². The fourth-order valence-electron chi connectivity index (χ4n) is 3.95. The topological polar surface area (TPSA) is 88.4 Å². The molecule has 37 heavy (non-hydrogen) atoms. The highest BCUT2D eigenvalue weighted by molar-refractivity contribution is 9.10. The number of anilines is 1. The first-order valence-corrected chi connectivity index (χ1v) is 14.1. The molecule has 0 saturated carbocycles. The number of halogens is 2. The van der Waals surface area contributed by atoms with Gasteiger partial charge < -0.3 is 5.32 Å². The van der Waals surface area contributed by atoms with E-state index in [9.17, 15) is 8.42 Å². The molecule has 0 saturated heterocycles. The summed E-state index contributed by atoms with van der Waals surface area (Å²) < 4.78 is 30.5. The van der Waals surface area contributed by atoms with Crippen LogP contribution in [0.2, 0.25) is 5.02 Å². The number of aryl methyl sites for hydroxylation is 1. The van der Waals surface area contributed by atoms with Crippen molar-refractivity contribution < 1.29 is 8.42 Å². The van der Waals surface area contributed by atoms with Gasteiger partial charge in [0.05, 0.1) is 21.3 Å². The van der Waals surface area contributed by atoms with Gasteiger partial charge in [-0.25, -0.2) is 18.1 Å². The van der Waals surface area contributed by atoms with Crippen LogP contribution >= 0.6 is 27.5 Å². The minimum atomic E-state index is -3.59. The summed E-state index contributed by atoms with van der Waals surface area (Å²) in [5.74, 6) is 0.765. The molecule has 0 fully saturated rings. The third-order valence-corrected chi connectivity index (χ3v) is 8.38. The second kappa shape index (κ2) is 10.6. The highest BCUT2D eigenvalue weighted by atomic mass is 79.9. The van der Waals surface area contributed by atoms with Crippen LogP contribution in [0.5, 0.6) is 0 Å². The number of benzene rings is 3. The molecule has 7 nitrogen and oxygen atoms in total. The number of hydrogen-bond acceptors (Lipinski definition) is 5. The van der Waals surface area contributed by atoms with Crippen molar-refractivity contribution in [1.82, 2.24) is 19.3 Å². The van der Waals surface area contributed by atoms with E-state index in [4.69, 9.17) is 16.6 Å². The van der Waals surface area contributed by atoms with Gasteiger partial charge in [0.25, 0.3) is 0 Å². The number of nitrogens with zero attached hydrogens (tertiary/aromatic N) is 3. The molecule has 10 heteroatoms. The van der Waals surface area contributed by atoms with Crippen molar-refractivity contribution in [3.8, 4) is 11.3 Å². The molecule has 0 aliphatic carbocycles. The summed E-state index contributed by atoms with van der Waals surface area (Å²) in [6.07, 6.45) is 1.71. The Hall–Kier alpha value is -3.24. The maximum absolute atomic E-state index is 12.7. The molecule has 2 aromatic heterocycles. The van der Waals surface area contributed by atoms with Gasteiger partial charge >= 0.3 is 0 Å². The van der Waals surface area contributed by atoms with Crippen molar-refractivity contribution in [3.05, 3.63) is 111 Å². The Kier molecular flexibility index (Phi) is 7.30. The summed E-state index contributed by atoms with van der Waals surface area (Å²) in [5.41, 5.74) is 4.85. The molecule has 0 atom stereocenters. The number of hydrogen-bond donors (Lipinski definition) is 2. The van der Waals surface area contributed by atoms with Gasteiger partial charge in [-0.3, -0.25) is 0 Å². The van der Waals surface area contributed by atoms with Crippen molar-refractivity contribution in [1.29, 1.82) is 0 Å². The Bertz CT molecular complexity index is 1690. The lowest BCUT2D eigenvalue weighted by Crippen LogP contribution is -2.24. The van der Waals surface area contributed by atoms with Crippen molar-refractivity contribution >= 4 is 49.0 Å². The second-order valence-corrected chi connectivity index (χ2v) is 11.5. The van der Waals surface area contributed by atoms with Crippen LogP contribution in [-0.2, 0) is 23.1 Å². The summed E-state index contributed by atoms with van der Waals surface area (Å²) in [6.45, 7) is 2.53. The molecule has 0 unspecified atom stereocenters. The van der Waals surface area contributed by atoms with Gasteiger partial charge in [0.15, 0.2) is 5.65 Å². The molecule has 0 radical (unpaired) electrons. The van der Waals surface area contributed by atoms with Gasteiger partial charge in [-0.05, 0) is 51.7 Å². The zero-order valence-electron chi connectivity index (χ0n) is 19.8. The number of rotatable bonds is 8. The van der Waals surface area contributed by atoms with Crippen LogP contribution in [0.15, 0.2) is 94.4 Å². The van der Waals surface area contributed by atoms with E-state index in [0.717, 1.165) is 32.7 Å². The third kappa shape index (κ3) is 5.55. The van der Waals surface area contributed by atoms with E-state index < -0.39 is 10.0 Å². The van der Waals surface area contributed by atoms with Gasteiger partial charge in [0.2, 0.25) is 10.0 Å². The Morgan fingerprint density at radius 3 is 2.35 bits per heavy atom. The van der Waals surface area contributed by atoms with Crippen molar-refractivity contribution in [2.45, 2.75) is 24.9 Å². The van der Waals surface area contributed by atoms with Crippen LogP contribution in [0.1, 0.15) is 16.7 Å². The zero-order chi connectivity index (χ0) is 26.0. The molecule has 0 aliphatic rings. The first kappa shape index (κ1) is 25.4. The monoisotopic (exact) mass is 595 g/mol. The maximum atomic E-state index is 12.7. The SMILES string of the molecule is Cc1ccccc1S(=O)(=O)NCc1ccc(CNc2cc(-c3ccccc3Cl)nc3c(Br)cnn23)cc1. The number of aromatic nitrogens is 3. The average Bonchev–Trinajstić information content (AvgIpc) is 3.28. The van der Waals surface area contributed by atoms with Gasteiger partial charge in [-0.15, -0.1) is 0 Å². The van der Waals surface area contributed by atoms with E-state index >= 15 is 0 Å². The molecule has 2 N–H and O–H groups in total. The molecule has 3 aromatic carbocycles. The summed E-state index contributed by atoms with van der Waals surface area (Å²) in [5, 5.41) is 8.48. The Morgan fingerprint density at radius 2 is 1.62 bits per heavy atom. The van der Waals surface area contributed by atoms with Crippen molar-refractivity contribution in [2.75, 3.05) is 5.32 Å². The molecule has 0 spiro atoms. The predicted octanol–water partition coefficient (Wildman–Crippen LogP) is 6.21. The van der Waals surface area contributed by atoms with E-state index in [0.29, 0.717) is 27.7 Å². The minimum absolute atomic E-state index is 0.206. The smallest absolute Gasteiger partial charge is 0.241 e. The van der Waals surface area contributed by atoms with Crippen LogP contribution in [0.4, 0.5) is 5.82 Å². The zero-order valence-corrected chi connectivity index (χ0v) is 23.0. The summed E-state index contributed by atoms with van der Waals surface area (Å²) >= 11 is 9.95. The van der Waals surface area contributed by atoms with Crippen LogP contribution < -0.4 is 10.0 Å². The second-order valence-electron chi connectivity index (χ2n) is 8.49. The summed E-state index contributed by atoms with van der Waals surface area (Å²) in [6, 6.07) is 24.2. The van der Waals surface area contributed by atoms with Gasteiger partial charge in [0.1, 0.15) is 5.82 Å². The molecule has 5 rings (SSSR count). The first-order chi connectivity index (χ1) is 17.8. The Morgan fingerprint density at radius 1 is 0.946 bits per heavy atom. The quantitative estimate of drug-likeness (QED) is 0.222. The van der Waals surface area contributed by atoms with Gasteiger partial charge in [-0.2, -0.15) is 9.61 Å². The molecule has 2 heterocycles. The van der Waals surface area contributed by atoms with E-state index in [1.807, 2.05) is 60.7 Å². The highest BCUT2D eigenvalue weighted by Gasteiger charge is 2.16. The van der Waals surface area contributed by atoms with Crippen LogP contribution in [0.25, 0.3) is 16.9 Å². The van der Waals surface area contributed by atoms with Crippen molar-refractivity contribution in [3.63, 3.8) is 0 Å². The summed E-state index contributed by atoms with van der Waals surface area (Å²) in [7, 11) is -3.59. The molecule has 188 valence electrons. The van der Waals surface area contributed by atoms with Crippen LogP contribution in [-0.4, -0.2) is 23.0 Å². The molecular formula is C27H23BrClN5O2S. The summed E-state index contributed by atoms with van der Waals surface area (Å²) in [4.78, 5) is 5.03. The lowest BCUT2D eigenvalue weighted by molar-refractivity contribution is 0.580. The van der Waals surface area contributed by atoms with E-state index in [1.165, 1.54) is 0 Å². The Labute approximate surface area is 228 Å². The predicted molar refractivity (Wildman–Crippen MR) is 150 cm³/mol. The number of fused-ring (bicyclic) bond motifs is 1. The molecule has 0 bridgehead atoms. The number of sulfonamides is 1.